The van der Waals surface area contributed by atoms with Crippen molar-refractivity contribution in [2.45, 2.75) is 13.5 Å². The number of hydrogen-bond donors (Lipinski definition) is 0. The average Bonchev–Trinajstić information content (AvgIpc) is 2.66. The number of aromatic nitrogens is 2. The molecule has 16 heavy (non-hydrogen) atoms. The molecule has 0 amide bonds. The quantitative estimate of drug-likeness (QED) is 0.872. The van der Waals surface area contributed by atoms with E-state index < -0.39 is 0 Å². The Morgan fingerprint density at radius 2 is 2.25 bits per heavy atom. The van der Waals surface area contributed by atoms with Gasteiger partial charge in [-0.25, -0.2) is 4.63 Å². The lowest BCUT2D eigenvalue weighted by molar-refractivity contribution is 0.270. The summed E-state index contributed by atoms with van der Waals surface area (Å²) >= 11 is 9.32. The molecular weight excluding hydrogens is 295 g/mol. The second-order valence-corrected chi connectivity index (χ2v) is 4.48. The minimum atomic E-state index is 0.283. The largest absolute Gasteiger partial charge is 0.485 e. The summed E-state index contributed by atoms with van der Waals surface area (Å²) in [6.07, 6.45) is 0. The van der Waals surface area contributed by atoms with Gasteiger partial charge in [0.05, 0.1) is 5.02 Å². The van der Waals surface area contributed by atoms with Crippen LogP contribution in [0, 0.1) is 6.92 Å². The van der Waals surface area contributed by atoms with Crippen molar-refractivity contribution in [1.29, 1.82) is 0 Å². The van der Waals surface area contributed by atoms with E-state index in [9.17, 15) is 0 Å². The van der Waals surface area contributed by atoms with E-state index in [0.717, 1.165) is 4.47 Å². The Balaban J connectivity index is 2.10. The third-order valence-electron chi connectivity index (χ3n) is 2.00. The summed E-state index contributed by atoms with van der Waals surface area (Å²) in [6, 6.07) is 5.40. The number of nitrogens with zero attached hydrogens (tertiary/aromatic N) is 2. The van der Waals surface area contributed by atoms with Crippen molar-refractivity contribution in [2.75, 3.05) is 0 Å². The molecule has 0 bridgehead atoms. The van der Waals surface area contributed by atoms with E-state index in [1.807, 2.05) is 6.07 Å². The smallest absolute Gasteiger partial charge is 0.145 e. The highest BCUT2D eigenvalue weighted by molar-refractivity contribution is 9.10. The highest BCUT2D eigenvalue weighted by Gasteiger charge is 2.08. The molecule has 0 radical (unpaired) electrons. The van der Waals surface area contributed by atoms with Gasteiger partial charge in [0.2, 0.25) is 0 Å². The molecule has 2 rings (SSSR count). The maximum absolute atomic E-state index is 5.97. The van der Waals surface area contributed by atoms with Gasteiger partial charge in [-0.05, 0) is 25.1 Å². The molecule has 0 N–H and O–H groups in total. The van der Waals surface area contributed by atoms with Crippen molar-refractivity contribution < 1.29 is 9.37 Å². The van der Waals surface area contributed by atoms with Gasteiger partial charge in [0.15, 0.2) is 0 Å². The number of ether oxygens (including phenoxy) is 1. The average molecular weight is 304 g/mol. The summed E-state index contributed by atoms with van der Waals surface area (Å²) in [7, 11) is 0. The number of benzene rings is 1. The van der Waals surface area contributed by atoms with Crippen LogP contribution in [0.3, 0.4) is 0 Å². The molecule has 4 nitrogen and oxygen atoms in total. The Labute approximate surface area is 106 Å². The second kappa shape index (κ2) is 4.84. The molecule has 84 valence electrons. The molecule has 0 atom stereocenters. The lowest BCUT2D eigenvalue weighted by Gasteiger charge is -2.06. The Morgan fingerprint density at radius 3 is 2.94 bits per heavy atom. The fraction of sp³-hybridized carbons (Fsp3) is 0.200. The van der Waals surface area contributed by atoms with Gasteiger partial charge in [0.25, 0.3) is 0 Å². The molecular formula is C10H8BrClN2O2. The van der Waals surface area contributed by atoms with Crippen LogP contribution in [0.5, 0.6) is 5.75 Å². The minimum absolute atomic E-state index is 0.283. The predicted molar refractivity (Wildman–Crippen MR) is 62.5 cm³/mol. The van der Waals surface area contributed by atoms with Crippen LogP contribution in [-0.2, 0) is 6.61 Å². The molecule has 0 saturated carbocycles. The van der Waals surface area contributed by atoms with E-state index in [1.165, 1.54) is 0 Å². The molecule has 0 unspecified atom stereocenters. The van der Waals surface area contributed by atoms with Gasteiger partial charge < -0.3 is 4.74 Å². The monoisotopic (exact) mass is 302 g/mol. The minimum Gasteiger partial charge on any atom is -0.485 e. The molecule has 0 saturated heterocycles. The van der Waals surface area contributed by atoms with Crippen LogP contribution >= 0.6 is 27.5 Å². The molecule has 0 aliphatic rings. The van der Waals surface area contributed by atoms with Crippen LogP contribution in [0.15, 0.2) is 27.3 Å². The molecule has 0 spiro atoms. The number of aryl methyl sites for hydroxylation is 1. The molecule has 0 fully saturated rings. The van der Waals surface area contributed by atoms with Crippen LogP contribution < -0.4 is 4.74 Å². The van der Waals surface area contributed by atoms with Gasteiger partial charge in [-0.1, -0.05) is 37.8 Å². The maximum Gasteiger partial charge on any atom is 0.145 e. The van der Waals surface area contributed by atoms with Crippen molar-refractivity contribution in [1.82, 2.24) is 10.3 Å². The summed E-state index contributed by atoms with van der Waals surface area (Å²) in [5, 5.41) is 7.93. The van der Waals surface area contributed by atoms with Crippen molar-refractivity contribution in [3.8, 4) is 5.75 Å². The zero-order chi connectivity index (χ0) is 11.5. The molecule has 1 heterocycles. The van der Waals surface area contributed by atoms with Crippen molar-refractivity contribution in [2.24, 2.45) is 0 Å². The van der Waals surface area contributed by atoms with Crippen molar-refractivity contribution in [3.63, 3.8) is 0 Å². The summed E-state index contributed by atoms with van der Waals surface area (Å²) in [4.78, 5) is 0. The molecule has 0 aliphatic carbocycles. The fourth-order valence-corrected chi connectivity index (χ4v) is 1.63. The van der Waals surface area contributed by atoms with Crippen LogP contribution in [0.25, 0.3) is 0 Å². The topological polar surface area (TPSA) is 48.2 Å². The number of halogens is 2. The van der Waals surface area contributed by atoms with Gasteiger partial charge in [-0.3, -0.25) is 0 Å². The Hall–Kier alpha value is -1.07. The normalized spacial score (nSPS) is 10.4. The third kappa shape index (κ3) is 2.54. The Morgan fingerprint density at radius 1 is 1.44 bits per heavy atom. The van der Waals surface area contributed by atoms with E-state index >= 15 is 0 Å². The first-order chi connectivity index (χ1) is 7.66. The van der Waals surface area contributed by atoms with E-state index in [1.54, 1.807) is 19.1 Å². The summed E-state index contributed by atoms with van der Waals surface area (Å²) in [5.74, 6) is 0.596. The molecule has 1 aromatic carbocycles. The first-order valence-corrected chi connectivity index (χ1v) is 5.70. The predicted octanol–water partition coefficient (Wildman–Crippen LogP) is 3.37. The van der Waals surface area contributed by atoms with Gasteiger partial charge in [-0.15, -0.1) is 0 Å². The summed E-state index contributed by atoms with van der Waals surface area (Å²) < 4.78 is 11.0. The van der Waals surface area contributed by atoms with E-state index in [0.29, 0.717) is 22.2 Å². The van der Waals surface area contributed by atoms with Gasteiger partial charge in [0, 0.05) is 4.47 Å². The van der Waals surface area contributed by atoms with E-state index in [-0.39, 0.29) is 6.61 Å². The molecule has 0 aliphatic heterocycles. The van der Waals surface area contributed by atoms with Gasteiger partial charge in [0.1, 0.15) is 23.7 Å². The first-order valence-electron chi connectivity index (χ1n) is 4.52. The van der Waals surface area contributed by atoms with Crippen LogP contribution in [0.4, 0.5) is 0 Å². The standard InChI is InChI=1S/C10H8BrClN2O2/c1-6-9(14-16-13-6)5-15-10-4-7(11)2-3-8(10)12/h2-4H,5H2,1H3. The summed E-state index contributed by atoms with van der Waals surface area (Å²) in [6.45, 7) is 2.09. The maximum atomic E-state index is 5.97. The van der Waals surface area contributed by atoms with E-state index in [4.69, 9.17) is 16.3 Å². The SMILES string of the molecule is Cc1nonc1COc1cc(Br)ccc1Cl. The van der Waals surface area contributed by atoms with Crippen molar-refractivity contribution >= 4 is 27.5 Å². The highest BCUT2D eigenvalue weighted by atomic mass is 79.9. The zero-order valence-electron chi connectivity index (χ0n) is 8.41. The Bertz CT molecular complexity index is 501. The summed E-state index contributed by atoms with van der Waals surface area (Å²) in [5.41, 5.74) is 1.38. The lowest BCUT2D eigenvalue weighted by Crippen LogP contribution is -1.98. The Kier molecular flexibility index (Phi) is 3.46. The zero-order valence-corrected chi connectivity index (χ0v) is 10.7. The highest BCUT2D eigenvalue weighted by Crippen LogP contribution is 2.28. The molecule has 6 heteroatoms. The van der Waals surface area contributed by atoms with Crippen LogP contribution in [0.2, 0.25) is 5.02 Å². The van der Waals surface area contributed by atoms with Crippen molar-refractivity contribution in [3.05, 3.63) is 39.1 Å². The number of hydrogen-bond acceptors (Lipinski definition) is 4. The number of rotatable bonds is 3. The molecule has 1 aromatic heterocycles. The fourth-order valence-electron chi connectivity index (χ4n) is 1.11. The van der Waals surface area contributed by atoms with Gasteiger partial charge in [-0.2, -0.15) is 0 Å². The first kappa shape index (κ1) is 11.4. The van der Waals surface area contributed by atoms with Crippen LogP contribution in [-0.4, -0.2) is 10.3 Å². The van der Waals surface area contributed by atoms with E-state index in [2.05, 4.69) is 30.9 Å². The third-order valence-corrected chi connectivity index (χ3v) is 2.81. The van der Waals surface area contributed by atoms with Crippen LogP contribution in [0.1, 0.15) is 11.4 Å². The van der Waals surface area contributed by atoms with Gasteiger partial charge >= 0.3 is 0 Å². The second-order valence-electron chi connectivity index (χ2n) is 3.16. The molecule has 2 aromatic rings. The lowest BCUT2D eigenvalue weighted by atomic mass is 10.3.